The van der Waals surface area contributed by atoms with Crippen molar-refractivity contribution in [1.29, 1.82) is 0 Å². The van der Waals surface area contributed by atoms with E-state index >= 15 is 0 Å². The third-order valence-electron chi connectivity index (χ3n) is 3.95. The highest BCUT2D eigenvalue weighted by molar-refractivity contribution is 5.78. The molecule has 1 aromatic heterocycles. The minimum Gasteiger partial charge on any atom is -0.324 e. The van der Waals surface area contributed by atoms with Gasteiger partial charge in [-0.2, -0.15) is 0 Å². The lowest BCUT2D eigenvalue weighted by Crippen LogP contribution is -1.98. The van der Waals surface area contributed by atoms with Crippen molar-refractivity contribution in [2.75, 3.05) is 0 Å². The molecule has 0 amide bonds. The van der Waals surface area contributed by atoms with Crippen LogP contribution in [0, 0.1) is 20.8 Å². The molecule has 0 saturated heterocycles. The maximum Gasteiger partial charge on any atom is 0.107 e. The predicted octanol–water partition coefficient (Wildman–Crippen LogP) is 4.67. The number of aryl methyl sites for hydroxylation is 3. The minimum atomic E-state index is 0.847. The highest BCUT2D eigenvalue weighted by atomic mass is 15.1. The van der Waals surface area contributed by atoms with Crippen LogP contribution in [0.5, 0.6) is 0 Å². The van der Waals surface area contributed by atoms with Gasteiger partial charge in [-0.1, -0.05) is 42.5 Å². The lowest BCUT2D eigenvalue weighted by Gasteiger charge is -2.05. The second-order valence-corrected chi connectivity index (χ2v) is 5.51. The third kappa shape index (κ3) is 2.75. The van der Waals surface area contributed by atoms with Gasteiger partial charge < -0.3 is 4.57 Å². The Bertz CT molecular complexity index is 795. The molecule has 2 heteroatoms. The van der Waals surface area contributed by atoms with E-state index in [9.17, 15) is 0 Å². The smallest absolute Gasteiger partial charge is 0.107 e. The molecule has 0 spiro atoms. The highest BCUT2D eigenvalue weighted by Crippen LogP contribution is 2.20. The first-order chi connectivity index (χ1) is 10.1. The summed E-state index contributed by atoms with van der Waals surface area (Å²) in [6.45, 7) is 7.21. The van der Waals surface area contributed by atoms with Crippen LogP contribution in [0.2, 0.25) is 0 Å². The molecule has 0 N–H and O–H groups in total. The lowest BCUT2D eigenvalue weighted by molar-refractivity contribution is 0.808. The number of benzene rings is 2. The quantitative estimate of drug-likeness (QED) is 0.679. The van der Waals surface area contributed by atoms with Crippen LogP contribution in [0.1, 0.15) is 22.5 Å². The zero-order chi connectivity index (χ0) is 14.8. The van der Waals surface area contributed by atoms with Crippen LogP contribution in [-0.4, -0.2) is 9.55 Å². The van der Waals surface area contributed by atoms with Gasteiger partial charge in [0.25, 0.3) is 0 Å². The van der Waals surface area contributed by atoms with Gasteiger partial charge in [-0.25, -0.2) is 4.98 Å². The van der Waals surface area contributed by atoms with Crippen LogP contribution in [-0.2, 0) is 6.54 Å². The van der Waals surface area contributed by atoms with E-state index in [1.165, 1.54) is 22.2 Å². The van der Waals surface area contributed by atoms with Crippen molar-refractivity contribution in [2.45, 2.75) is 27.3 Å². The van der Waals surface area contributed by atoms with Crippen LogP contribution >= 0.6 is 0 Å². The third-order valence-corrected chi connectivity index (χ3v) is 3.95. The number of hydrogen-bond acceptors (Lipinski definition) is 1. The fourth-order valence-electron chi connectivity index (χ4n) is 2.59. The Morgan fingerprint density at radius 2 is 1.71 bits per heavy atom. The van der Waals surface area contributed by atoms with Crippen LogP contribution in [0.4, 0.5) is 0 Å². The van der Waals surface area contributed by atoms with Gasteiger partial charge in [-0.05, 0) is 49.6 Å². The van der Waals surface area contributed by atoms with E-state index in [1.54, 1.807) is 0 Å². The van der Waals surface area contributed by atoms with E-state index in [-0.39, 0.29) is 0 Å². The monoisotopic (exact) mass is 276 g/mol. The lowest BCUT2D eigenvalue weighted by atomic mass is 10.1. The van der Waals surface area contributed by atoms with Crippen molar-refractivity contribution >= 4 is 17.1 Å². The van der Waals surface area contributed by atoms with Gasteiger partial charge in [0, 0.05) is 6.54 Å². The molecule has 0 bridgehead atoms. The molecule has 0 atom stereocenters. The second kappa shape index (κ2) is 5.57. The molecule has 0 fully saturated rings. The van der Waals surface area contributed by atoms with E-state index in [4.69, 9.17) is 0 Å². The summed E-state index contributed by atoms with van der Waals surface area (Å²) in [5.41, 5.74) is 6.14. The SMILES string of the molecule is Cc1cc2nc(C)n(C/C=C/c3ccccc3)c2cc1C. The highest BCUT2D eigenvalue weighted by Gasteiger charge is 2.07. The first kappa shape index (κ1) is 13.6. The number of rotatable bonds is 3. The summed E-state index contributed by atoms with van der Waals surface area (Å²) in [5.74, 6) is 1.06. The molecule has 0 aliphatic rings. The van der Waals surface area contributed by atoms with Crippen molar-refractivity contribution in [1.82, 2.24) is 9.55 Å². The Morgan fingerprint density at radius 1 is 1.00 bits per heavy atom. The molecule has 0 radical (unpaired) electrons. The van der Waals surface area contributed by atoms with E-state index in [2.05, 4.69) is 78.9 Å². The largest absolute Gasteiger partial charge is 0.324 e. The maximum absolute atomic E-state index is 4.67. The zero-order valence-corrected chi connectivity index (χ0v) is 12.8. The average Bonchev–Trinajstić information content (AvgIpc) is 2.76. The van der Waals surface area contributed by atoms with Crippen molar-refractivity contribution in [3.8, 4) is 0 Å². The fourth-order valence-corrected chi connectivity index (χ4v) is 2.59. The molecule has 3 rings (SSSR count). The summed E-state index contributed by atoms with van der Waals surface area (Å²) >= 11 is 0. The Labute approximate surface area is 125 Å². The number of hydrogen-bond donors (Lipinski definition) is 0. The molecular weight excluding hydrogens is 256 g/mol. The standard InChI is InChI=1S/C19H20N2/c1-14-12-18-19(13-15(14)2)21(16(3)20-18)11-7-10-17-8-5-4-6-9-17/h4-10,12-13H,11H2,1-3H3/b10-7+. The van der Waals surface area contributed by atoms with Gasteiger partial charge >= 0.3 is 0 Å². The topological polar surface area (TPSA) is 17.8 Å². The molecule has 2 nitrogen and oxygen atoms in total. The van der Waals surface area contributed by atoms with Crippen molar-refractivity contribution in [3.05, 3.63) is 71.1 Å². The number of allylic oxidation sites excluding steroid dienone is 1. The predicted molar refractivity (Wildman–Crippen MR) is 89.4 cm³/mol. The van der Waals surface area contributed by atoms with Gasteiger partial charge in [0.1, 0.15) is 5.82 Å². The molecule has 0 saturated carbocycles. The van der Waals surface area contributed by atoms with Crippen molar-refractivity contribution in [3.63, 3.8) is 0 Å². The summed E-state index contributed by atoms with van der Waals surface area (Å²) in [6, 6.07) is 14.8. The summed E-state index contributed by atoms with van der Waals surface area (Å²) in [7, 11) is 0. The maximum atomic E-state index is 4.67. The van der Waals surface area contributed by atoms with Gasteiger partial charge in [0.2, 0.25) is 0 Å². The molecule has 106 valence electrons. The fraction of sp³-hybridized carbons (Fsp3) is 0.211. The van der Waals surface area contributed by atoms with Gasteiger partial charge in [0.05, 0.1) is 11.0 Å². The second-order valence-electron chi connectivity index (χ2n) is 5.51. The van der Waals surface area contributed by atoms with Gasteiger partial charge in [0.15, 0.2) is 0 Å². The van der Waals surface area contributed by atoms with E-state index in [0.717, 1.165) is 17.9 Å². The van der Waals surface area contributed by atoms with E-state index in [1.807, 2.05) is 6.07 Å². The summed E-state index contributed by atoms with van der Waals surface area (Å²) in [6.07, 6.45) is 4.35. The van der Waals surface area contributed by atoms with E-state index in [0.29, 0.717) is 0 Å². The molecule has 0 aliphatic heterocycles. The van der Waals surface area contributed by atoms with E-state index < -0.39 is 0 Å². The zero-order valence-electron chi connectivity index (χ0n) is 12.8. The number of fused-ring (bicyclic) bond motifs is 1. The van der Waals surface area contributed by atoms with Crippen LogP contribution in [0.15, 0.2) is 48.5 Å². The summed E-state index contributed by atoms with van der Waals surface area (Å²) in [4.78, 5) is 4.67. The first-order valence-electron chi connectivity index (χ1n) is 7.31. The first-order valence-corrected chi connectivity index (χ1v) is 7.31. The molecule has 0 unspecified atom stereocenters. The number of nitrogens with zero attached hydrogens (tertiary/aromatic N) is 2. The molecule has 0 aliphatic carbocycles. The molecular formula is C19H20N2. The number of aromatic nitrogens is 2. The van der Waals surface area contributed by atoms with Gasteiger partial charge in [-0.15, -0.1) is 0 Å². The minimum absolute atomic E-state index is 0.847. The Morgan fingerprint density at radius 3 is 2.48 bits per heavy atom. The molecule has 2 aromatic carbocycles. The Hall–Kier alpha value is -2.35. The Balaban J connectivity index is 1.92. The van der Waals surface area contributed by atoms with Crippen LogP contribution in [0.3, 0.4) is 0 Å². The van der Waals surface area contributed by atoms with Crippen LogP contribution in [0.25, 0.3) is 17.1 Å². The van der Waals surface area contributed by atoms with Gasteiger partial charge in [-0.3, -0.25) is 0 Å². The van der Waals surface area contributed by atoms with Crippen molar-refractivity contribution < 1.29 is 0 Å². The Kier molecular flexibility index (Phi) is 3.61. The molecule has 21 heavy (non-hydrogen) atoms. The van der Waals surface area contributed by atoms with Crippen molar-refractivity contribution in [2.24, 2.45) is 0 Å². The average molecular weight is 276 g/mol. The summed E-state index contributed by atoms with van der Waals surface area (Å²) in [5, 5.41) is 0. The molecule has 1 heterocycles. The summed E-state index contributed by atoms with van der Waals surface area (Å²) < 4.78 is 2.27. The number of imidazole rings is 1. The molecule has 3 aromatic rings. The van der Waals surface area contributed by atoms with Crippen LogP contribution < -0.4 is 0 Å². The normalized spacial score (nSPS) is 11.6.